The van der Waals surface area contributed by atoms with Gasteiger partial charge in [-0.15, -0.1) is 0 Å². The SMILES string of the molecule is O=C1CCN(CCCN2CC2Cc2ccccc2)CC1. The maximum absolute atomic E-state index is 11.2. The summed E-state index contributed by atoms with van der Waals surface area (Å²) in [4.78, 5) is 16.2. The molecule has 0 aromatic heterocycles. The molecule has 0 bridgehead atoms. The molecule has 0 radical (unpaired) electrons. The Balaban J connectivity index is 1.30. The highest BCUT2D eigenvalue weighted by atomic mass is 16.1. The molecule has 2 aliphatic rings. The third-order valence-corrected chi connectivity index (χ3v) is 4.48. The lowest BCUT2D eigenvalue weighted by Gasteiger charge is -2.25. The Labute approximate surface area is 121 Å². The monoisotopic (exact) mass is 272 g/mol. The average Bonchev–Trinajstić information content (AvgIpc) is 3.20. The fourth-order valence-corrected chi connectivity index (χ4v) is 3.10. The molecule has 0 spiro atoms. The normalized spacial score (nSPS) is 26.7. The Morgan fingerprint density at radius 3 is 2.55 bits per heavy atom. The molecule has 20 heavy (non-hydrogen) atoms. The summed E-state index contributed by atoms with van der Waals surface area (Å²) in [5, 5.41) is 0. The van der Waals surface area contributed by atoms with Crippen molar-refractivity contribution < 1.29 is 4.79 Å². The first-order valence-corrected chi connectivity index (χ1v) is 7.83. The van der Waals surface area contributed by atoms with Crippen LogP contribution in [0.4, 0.5) is 0 Å². The molecule has 2 fully saturated rings. The molecule has 0 N–H and O–H groups in total. The van der Waals surface area contributed by atoms with Crippen molar-refractivity contribution in [1.82, 2.24) is 9.80 Å². The number of benzene rings is 1. The topological polar surface area (TPSA) is 23.3 Å². The Morgan fingerprint density at radius 1 is 1.05 bits per heavy atom. The van der Waals surface area contributed by atoms with Gasteiger partial charge in [0, 0.05) is 38.5 Å². The van der Waals surface area contributed by atoms with E-state index in [0.717, 1.165) is 38.5 Å². The molecule has 2 unspecified atom stereocenters. The van der Waals surface area contributed by atoms with Crippen LogP contribution in [0.25, 0.3) is 0 Å². The molecule has 2 saturated heterocycles. The zero-order chi connectivity index (χ0) is 13.8. The molecule has 3 heteroatoms. The quantitative estimate of drug-likeness (QED) is 0.740. The van der Waals surface area contributed by atoms with Crippen LogP contribution in [0.15, 0.2) is 30.3 Å². The zero-order valence-corrected chi connectivity index (χ0v) is 12.1. The predicted molar refractivity (Wildman–Crippen MR) is 80.8 cm³/mol. The van der Waals surface area contributed by atoms with Gasteiger partial charge in [-0.1, -0.05) is 30.3 Å². The molecule has 1 aromatic rings. The van der Waals surface area contributed by atoms with Gasteiger partial charge < -0.3 is 4.90 Å². The minimum absolute atomic E-state index is 0.440. The Hall–Kier alpha value is -1.19. The van der Waals surface area contributed by atoms with E-state index >= 15 is 0 Å². The third-order valence-electron chi connectivity index (χ3n) is 4.48. The summed E-state index contributed by atoms with van der Waals surface area (Å²) in [7, 11) is 0. The van der Waals surface area contributed by atoms with Gasteiger partial charge in [-0.05, 0) is 31.5 Å². The van der Waals surface area contributed by atoms with Crippen molar-refractivity contribution in [3.8, 4) is 0 Å². The van der Waals surface area contributed by atoms with Gasteiger partial charge in [0.05, 0.1) is 0 Å². The summed E-state index contributed by atoms with van der Waals surface area (Å²) in [6.45, 7) is 5.58. The molecule has 2 heterocycles. The van der Waals surface area contributed by atoms with Crippen LogP contribution in [0, 0.1) is 0 Å². The van der Waals surface area contributed by atoms with E-state index in [4.69, 9.17) is 0 Å². The van der Waals surface area contributed by atoms with E-state index in [1.54, 1.807) is 0 Å². The number of likely N-dealkylation sites (tertiary alicyclic amines) is 1. The van der Waals surface area contributed by atoms with Crippen LogP contribution in [0.2, 0.25) is 0 Å². The Kier molecular flexibility index (Phi) is 4.48. The summed E-state index contributed by atoms with van der Waals surface area (Å²) >= 11 is 0. The van der Waals surface area contributed by atoms with E-state index < -0.39 is 0 Å². The summed E-state index contributed by atoms with van der Waals surface area (Å²) in [5.41, 5.74) is 1.45. The smallest absolute Gasteiger partial charge is 0.135 e. The second-order valence-corrected chi connectivity index (χ2v) is 6.07. The molecule has 0 saturated carbocycles. The summed E-state index contributed by atoms with van der Waals surface area (Å²) < 4.78 is 0. The number of Topliss-reactive ketones (excluding diaryl/α,β-unsaturated/α-hetero) is 1. The molecule has 1 aromatic carbocycles. The predicted octanol–water partition coefficient (Wildman–Crippen LogP) is 1.97. The molecule has 2 atom stereocenters. The molecular formula is C17H24N2O. The molecule has 108 valence electrons. The lowest BCUT2D eigenvalue weighted by Crippen LogP contribution is -2.35. The molecular weight excluding hydrogens is 248 g/mol. The molecule has 2 aliphatic heterocycles. The molecule has 0 amide bonds. The van der Waals surface area contributed by atoms with Crippen LogP contribution in [-0.2, 0) is 11.2 Å². The number of hydrogen-bond acceptors (Lipinski definition) is 3. The van der Waals surface area contributed by atoms with Crippen LogP contribution in [-0.4, -0.2) is 54.3 Å². The van der Waals surface area contributed by atoms with Crippen molar-refractivity contribution in [3.63, 3.8) is 0 Å². The molecule has 3 rings (SSSR count). The van der Waals surface area contributed by atoms with Crippen LogP contribution in [0.1, 0.15) is 24.8 Å². The second-order valence-electron chi connectivity index (χ2n) is 6.07. The number of nitrogens with zero attached hydrogens (tertiary/aromatic N) is 2. The van der Waals surface area contributed by atoms with Gasteiger partial charge in [0.15, 0.2) is 0 Å². The number of rotatable bonds is 6. The van der Waals surface area contributed by atoms with Gasteiger partial charge in [-0.2, -0.15) is 0 Å². The van der Waals surface area contributed by atoms with E-state index in [-0.39, 0.29) is 0 Å². The van der Waals surface area contributed by atoms with Gasteiger partial charge in [-0.25, -0.2) is 0 Å². The van der Waals surface area contributed by atoms with Crippen LogP contribution in [0.5, 0.6) is 0 Å². The van der Waals surface area contributed by atoms with Crippen molar-refractivity contribution >= 4 is 5.78 Å². The van der Waals surface area contributed by atoms with Crippen molar-refractivity contribution in [2.75, 3.05) is 32.7 Å². The maximum Gasteiger partial charge on any atom is 0.135 e. The first kappa shape index (κ1) is 13.8. The van der Waals surface area contributed by atoms with E-state index in [2.05, 4.69) is 40.1 Å². The standard InChI is InChI=1S/C17H24N2O/c20-17-7-11-18(12-8-17)9-4-10-19-14-16(19)13-15-5-2-1-3-6-15/h1-3,5-6,16H,4,7-14H2. The fourth-order valence-electron chi connectivity index (χ4n) is 3.10. The van der Waals surface area contributed by atoms with Crippen molar-refractivity contribution in [2.45, 2.75) is 31.7 Å². The maximum atomic E-state index is 11.2. The first-order valence-electron chi connectivity index (χ1n) is 7.83. The van der Waals surface area contributed by atoms with E-state index in [0.29, 0.717) is 5.78 Å². The van der Waals surface area contributed by atoms with Gasteiger partial charge in [0.25, 0.3) is 0 Å². The first-order chi connectivity index (χ1) is 9.81. The summed E-state index contributed by atoms with van der Waals surface area (Å²) in [5.74, 6) is 0.440. The lowest BCUT2D eigenvalue weighted by atomic mass is 10.1. The van der Waals surface area contributed by atoms with Gasteiger partial charge in [0.1, 0.15) is 5.78 Å². The Bertz CT molecular complexity index is 436. The van der Waals surface area contributed by atoms with E-state index in [1.165, 1.54) is 31.5 Å². The highest BCUT2D eigenvalue weighted by Crippen LogP contribution is 2.22. The number of hydrogen-bond donors (Lipinski definition) is 0. The summed E-state index contributed by atoms with van der Waals surface area (Å²) in [6.07, 6.45) is 3.96. The lowest BCUT2D eigenvalue weighted by molar-refractivity contribution is -0.121. The fraction of sp³-hybridized carbons (Fsp3) is 0.588. The second kappa shape index (κ2) is 6.51. The van der Waals surface area contributed by atoms with Gasteiger partial charge in [-0.3, -0.25) is 9.69 Å². The van der Waals surface area contributed by atoms with Crippen molar-refractivity contribution in [2.24, 2.45) is 0 Å². The zero-order valence-electron chi connectivity index (χ0n) is 12.1. The number of carbonyl (C=O) groups excluding carboxylic acids is 1. The number of carbonyl (C=O) groups is 1. The molecule has 3 nitrogen and oxygen atoms in total. The summed E-state index contributed by atoms with van der Waals surface area (Å²) in [6, 6.07) is 11.5. The van der Waals surface area contributed by atoms with E-state index in [1.807, 2.05) is 0 Å². The third kappa shape index (κ3) is 3.90. The van der Waals surface area contributed by atoms with Gasteiger partial charge in [0.2, 0.25) is 0 Å². The van der Waals surface area contributed by atoms with Crippen molar-refractivity contribution in [1.29, 1.82) is 0 Å². The highest BCUT2D eigenvalue weighted by molar-refractivity contribution is 5.79. The van der Waals surface area contributed by atoms with Crippen LogP contribution >= 0.6 is 0 Å². The van der Waals surface area contributed by atoms with Gasteiger partial charge >= 0.3 is 0 Å². The highest BCUT2D eigenvalue weighted by Gasteiger charge is 2.32. The number of ketones is 1. The number of piperidine rings is 1. The minimum atomic E-state index is 0.440. The van der Waals surface area contributed by atoms with E-state index in [9.17, 15) is 4.79 Å². The average molecular weight is 272 g/mol. The molecule has 0 aliphatic carbocycles. The van der Waals surface area contributed by atoms with Crippen molar-refractivity contribution in [3.05, 3.63) is 35.9 Å². The largest absolute Gasteiger partial charge is 0.302 e. The van der Waals surface area contributed by atoms with Crippen LogP contribution in [0.3, 0.4) is 0 Å². The minimum Gasteiger partial charge on any atom is -0.302 e. The van der Waals surface area contributed by atoms with Crippen LogP contribution < -0.4 is 0 Å². The Morgan fingerprint density at radius 2 is 1.80 bits per heavy atom.